The number of aliphatic hydroxyl groups is 2. The molecule has 0 heterocycles. The lowest BCUT2D eigenvalue weighted by Crippen LogP contribution is -2.46. The second-order valence-electron chi connectivity index (χ2n) is 15.8. The first kappa shape index (κ1) is 53.2. The number of hydrogen-bond donors (Lipinski definition) is 5. The van der Waals surface area contributed by atoms with Crippen LogP contribution < -0.4 is 11.1 Å². The Labute approximate surface area is 333 Å². The van der Waals surface area contributed by atoms with Crippen molar-refractivity contribution in [3.63, 3.8) is 0 Å². The molecule has 9 nitrogen and oxygen atoms in total. The average molecular weight is 789 g/mol. The molecule has 0 spiro atoms. The van der Waals surface area contributed by atoms with E-state index in [-0.39, 0.29) is 19.6 Å². The van der Waals surface area contributed by atoms with Crippen LogP contribution in [0.2, 0.25) is 0 Å². The minimum atomic E-state index is -4.39. The Morgan fingerprint density at radius 1 is 0.630 bits per heavy atom. The van der Waals surface area contributed by atoms with Gasteiger partial charge in [-0.25, -0.2) is 4.57 Å². The van der Waals surface area contributed by atoms with E-state index in [1.54, 1.807) is 6.08 Å². The molecule has 0 saturated carbocycles. The highest BCUT2D eigenvalue weighted by Crippen LogP contribution is 2.43. The Morgan fingerprint density at radius 3 is 1.43 bits per heavy atom. The first-order valence-electron chi connectivity index (χ1n) is 22.9. The summed E-state index contributed by atoms with van der Waals surface area (Å²) >= 11 is 0. The summed E-state index contributed by atoms with van der Waals surface area (Å²) in [5.41, 5.74) is 5.37. The Balaban J connectivity index is 4.26. The molecule has 0 rings (SSSR count). The molecular formula is C44H89N2O7P. The van der Waals surface area contributed by atoms with Crippen LogP contribution in [0.5, 0.6) is 0 Å². The number of phosphoric acid groups is 1. The second-order valence-corrected chi connectivity index (χ2v) is 17.3. The summed E-state index contributed by atoms with van der Waals surface area (Å²) < 4.78 is 22.1. The third-order valence-electron chi connectivity index (χ3n) is 10.4. The second kappa shape index (κ2) is 40.4. The molecule has 0 fully saturated rings. The van der Waals surface area contributed by atoms with Crippen molar-refractivity contribution in [3.8, 4) is 0 Å². The number of phosphoric ester groups is 1. The monoisotopic (exact) mass is 789 g/mol. The van der Waals surface area contributed by atoms with Crippen LogP contribution in [0.1, 0.15) is 226 Å². The normalized spacial score (nSPS) is 14.7. The molecule has 0 aliphatic heterocycles. The Bertz CT molecular complexity index is 878. The summed E-state index contributed by atoms with van der Waals surface area (Å²) in [4.78, 5) is 22.8. The molecule has 0 aromatic heterocycles. The van der Waals surface area contributed by atoms with Crippen LogP contribution in [-0.2, 0) is 18.4 Å². The van der Waals surface area contributed by atoms with Crippen molar-refractivity contribution >= 4 is 13.7 Å². The zero-order valence-electron chi connectivity index (χ0n) is 35.3. The Morgan fingerprint density at radius 2 is 1.02 bits per heavy atom. The summed E-state index contributed by atoms with van der Waals surface area (Å²) in [5.74, 6) is -0.442. The van der Waals surface area contributed by atoms with Gasteiger partial charge in [0.1, 0.15) is 0 Å². The molecule has 10 heteroatoms. The van der Waals surface area contributed by atoms with Crippen LogP contribution in [0.15, 0.2) is 12.2 Å². The third-order valence-corrected chi connectivity index (χ3v) is 11.4. The molecule has 1 amide bonds. The maximum absolute atomic E-state index is 12.8. The molecule has 6 N–H and O–H groups in total. The van der Waals surface area contributed by atoms with Gasteiger partial charge < -0.3 is 26.2 Å². The number of nitrogens with two attached hydrogens (primary N) is 1. The van der Waals surface area contributed by atoms with Crippen molar-refractivity contribution in [3.05, 3.63) is 12.2 Å². The van der Waals surface area contributed by atoms with Gasteiger partial charge in [-0.3, -0.25) is 13.8 Å². The van der Waals surface area contributed by atoms with E-state index in [0.29, 0.717) is 6.42 Å². The van der Waals surface area contributed by atoms with Crippen LogP contribution in [-0.4, -0.2) is 59.0 Å². The SMILES string of the molecule is CCCCCCCCCCCCCCC/C=C/C(O)C(COP(=O)(O)OCCN)NC(=O)CC(O)CCCCCCCCCCCCCCCCCCC. The molecule has 322 valence electrons. The van der Waals surface area contributed by atoms with Gasteiger partial charge in [0.05, 0.1) is 37.9 Å². The number of unbranched alkanes of at least 4 members (excludes halogenated alkanes) is 29. The van der Waals surface area contributed by atoms with Crippen molar-refractivity contribution in [1.29, 1.82) is 0 Å². The Hall–Kier alpha value is -0.800. The highest BCUT2D eigenvalue weighted by molar-refractivity contribution is 7.47. The van der Waals surface area contributed by atoms with Crippen molar-refractivity contribution in [2.24, 2.45) is 5.73 Å². The lowest BCUT2D eigenvalue weighted by atomic mass is 10.0. The van der Waals surface area contributed by atoms with Crippen molar-refractivity contribution < 1.29 is 33.5 Å². The fourth-order valence-electron chi connectivity index (χ4n) is 6.94. The van der Waals surface area contributed by atoms with Crippen molar-refractivity contribution in [2.75, 3.05) is 19.8 Å². The summed E-state index contributed by atoms with van der Waals surface area (Å²) in [6, 6.07) is -0.977. The van der Waals surface area contributed by atoms with Crippen molar-refractivity contribution in [2.45, 2.75) is 244 Å². The van der Waals surface area contributed by atoms with Gasteiger partial charge in [0.15, 0.2) is 0 Å². The number of rotatable bonds is 43. The van der Waals surface area contributed by atoms with E-state index in [2.05, 4.69) is 19.2 Å². The summed E-state index contributed by atoms with van der Waals surface area (Å²) in [6.07, 6.45) is 41.5. The van der Waals surface area contributed by atoms with Gasteiger partial charge in [-0.05, 0) is 19.3 Å². The summed E-state index contributed by atoms with van der Waals surface area (Å²) in [6.45, 7) is 3.99. The van der Waals surface area contributed by atoms with Gasteiger partial charge in [-0.15, -0.1) is 0 Å². The first-order chi connectivity index (χ1) is 26.3. The lowest BCUT2D eigenvalue weighted by Gasteiger charge is -2.24. The number of hydrogen-bond acceptors (Lipinski definition) is 7. The van der Waals surface area contributed by atoms with E-state index < -0.39 is 38.6 Å². The Kier molecular flexibility index (Phi) is 39.8. The largest absolute Gasteiger partial charge is 0.472 e. The molecule has 4 atom stereocenters. The zero-order chi connectivity index (χ0) is 39.8. The summed E-state index contributed by atoms with van der Waals surface area (Å²) in [7, 11) is -4.39. The maximum atomic E-state index is 12.8. The topological polar surface area (TPSA) is 151 Å². The third kappa shape index (κ3) is 38.1. The van der Waals surface area contributed by atoms with Gasteiger partial charge in [-0.2, -0.15) is 0 Å². The van der Waals surface area contributed by atoms with Gasteiger partial charge in [0.2, 0.25) is 5.91 Å². The van der Waals surface area contributed by atoms with Gasteiger partial charge >= 0.3 is 7.82 Å². The molecule has 0 aliphatic carbocycles. The van der Waals surface area contributed by atoms with Gasteiger partial charge in [0.25, 0.3) is 0 Å². The fourth-order valence-corrected chi connectivity index (χ4v) is 7.70. The molecule has 0 bridgehead atoms. The van der Waals surface area contributed by atoms with E-state index in [4.69, 9.17) is 14.8 Å². The number of aliphatic hydroxyl groups excluding tert-OH is 2. The number of carbonyl (C=O) groups excluding carboxylic acids is 1. The minimum absolute atomic E-state index is 0.0515. The molecule has 0 aromatic rings. The van der Waals surface area contributed by atoms with E-state index in [1.165, 1.54) is 161 Å². The maximum Gasteiger partial charge on any atom is 0.472 e. The highest BCUT2D eigenvalue weighted by Gasteiger charge is 2.27. The first-order valence-corrected chi connectivity index (χ1v) is 24.4. The van der Waals surface area contributed by atoms with Gasteiger partial charge in [0, 0.05) is 6.54 Å². The molecular weight excluding hydrogens is 699 g/mol. The van der Waals surface area contributed by atoms with Crippen LogP contribution in [0.4, 0.5) is 0 Å². The van der Waals surface area contributed by atoms with Crippen LogP contribution >= 0.6 is 7.82 Å². The standard InChI is InChI=1S/C44H89N2O7P/c1-3-5-7-9-11-13-15-17-19-20-22-23-25-27-29-31-33-35-41(47)39-44(49)46-42(40-53-54(50,51)52-38-37-45)43(48)36-34-32-30-28-26-24-21-18-16-14-12-10-8-6-4-2/h34,36,41-43,47-48H,3-33,35,37-40,45H2,1-2H3,(H,46,49)(H,50,51)/b36-34+. The predicted octanol–water partition coefficient (Wildman–Crippen LogP) is 11.8. The molecule has 4 unspecified atom stereocenters. The molecule has 0 saturated heterocycles. The number of carbonyl (C=O) groups is 1. The number of allylic oxidation sites excluding steroid dienone is 1. The zero-order valence-corrected chi connectivity index (χ0v) is 36.2. The van der Waals surface area contributed by atoms with E-state index >= 15 is 0 Å². The predicted molar refractivity (Wildman–Crippen MR) is 228 cm³/mol. The molecule has 0 radical (unpaired) electrons. The van der Waals surface area contributed by atoms with Crippen LogP contribution in [0, 0.1) is 0 Å². The van der Waals surface area contributed by atoms with Crippen LogP contribution in [0.3, 0.4) is 0 Å². The lowest BCUT2D eigenvalue weighted by molar-refractivity contribution is -0.124. The van der Waals surface area contributed by atoms with Gasteiger partial charge in [-0.1, -0.05) is 212 Å². The van der Waals surface area contributed by atoms with Crippen LogP contribution in [0.25, 0.3) is 0 Å². The number of amides is 1. The number of nitrogens with one attached hydrogen (secondary N) is 1. The highest BCUT2D eigenvalue weighted by atomic mass is 31.2. The van der Waals surface area contributed by atoms with Crippen molar-refractivity contribution in [1.82, 2.24) is 5.32 Å². The molecule has 54 heavy (non-hydrogen) atoms. The molecule has 0 aromatic carbocycles. The summed E-state index contributed by atoms with van der Waals surface area (Å²) in [5, 5.41) is 24.1. The minimum Gasteiger partial charge on any atom is -0.393 e. The van der Waals surface area contributed by atoms with E-state index in [1.807, 2.05) is 6.08 Å². The molecule has 0 aliphatic rings. The smallest absolute Gasteiger partial charge is 0.393 e. The average Bonchev–Trinajstić information content (AvgIpc) is 3.15. The van der Waals surface area contributed by atoms with E-state index in [9.17, 15) is 24.5 Å². The van der Waals surface area contributed by atoms with E-state index in [0.717, 1.165) is 38.5 Å². The quantitative estimate of drug-likeness (QED) is 0.0233. The fraction of sp³-hybridized carbons (Fsp3) is 0.932.